The first kappa shape index (κ1) is 28.2. The van der Waals surface area contributed by atoms with E-state index < -0.39 is 29.2 Å². The van der Waals surface area contributed by atoms with Gasteiger partial charge in [-0.15, -0.1) is 47.9 Å². The highest BCUT2D eigenvalue weighted by Crippen LogP contribution is 2.41. The Kier molecular flexibility index (Phi) is 9.22. The number of hydrogen-bond acceptors (Lipinski definition) is 10. The van der Waals surface area contributed by atoms with Gasteiger partial charge in [-0.25, -0.2) is 4.98 Å². The Morgan fingerprint density at radius 1 is 1.38 bits per heavy atom. The van der Waals surface area contributed by atoms with Crippen LogP contribution in [0.3, 0.4) is 0 Å². The molecule has 3 aliphatic rings. The van der Waals surface area contributed by atoms with Gasteiger partial charge in [-0.1, -0.05) is 5.16 Å². The zero-order valence-corrected chi connectivity index (χ0v) is 21.8. The number of amides is 2. The second-order valence-corrected chi connectivity index (χ2v) is 10.2. The van der Waals surface area contributed by atoms with Gasteiger partial charge in [-0.05, 0) is 0 Å². The number of carboxylic acids is 1. The van der Waals surface area contributed by atoms with Crippen molar-refractivity contribution in [1.82, 2.24) is 15.2 Å². The Morgan fingerprint density at radius 2 is 2.06 bits per heavy atom. The molecule has 2 amide bonds. The Morgan fingerprint density at radius 3 is 2.62 bits per heavy atom. The number of quaternary nitrogens is 1. The number of β-lactam (4-membered cyclic amide) rings is 1. The average Bonchev–Trinajstić information content (AvgIpc) is 3.37. The summed E-state index contributed by atoms with van der Waals surface area (Å²) in [7, 11) is 3.39. The number of thioether (sulfide) groups is 1. The maximum absolute atomic E-state index is 12.9. The minimum absolute atomic E-state index is 0. The number of carbonyl (C=O) groups is 3. The summed E-state index contributed by atoms with van der Waals surface area (Å²) in [6.07, 6.45) is 2.21. The molecule has 0 aromatic carbocycles. The van der Waals surface area contributed by atoms with Gasteiger partial charge in [0, 0.05) is 29.5 Å². The van der Waals surface area contributed by atoms with E-state index in [0.29, 0.717) is 17.9 Å². The number of carbonyl (C=O) groups excluding carboxylic acids is 3. The van der Waals surface area contributed by atoms with Crippen molar-refractivity contribution in [2.24, 2.45) is 5.16 Å². The zero-order chi connectivity index (χ0) is 23.0. The summed E-state index contributed by atoms with van der Waals surface area (Å²) in [6.45, 7) is 2.53. The third kappa shape index (κ3) is 5.28. The maximum atomic E-state index is 12.9. The highest BCUT2D eigenvalue weighted by atomic mass is 35.5. The molecule has 0 saturated carbocycles. The number of hydrogen-bond donors (Lipinski definition) is 2. The molecular formula is C19H26Cl2N6O5S2. The second-order valence-electron chi connectivity index (χ2n) is 8.23. The number of thiazole rings is 1. The van der Waals surface area contributed by atoms with E-state index in [9.17, 15) is 19.5 Å². The van der Waals surface area contributed by atoms with Gasteiger partial charge in [0.1, 0.15) is 30.8 Å². The Bertz CT molecular complexity index is 1030. The lowest BCUT2D eigenvalue weighted by molar-refractivity contribution is -0.893. The van der Waals surface area contributed by atoms with Crippen LogP contribution in [0.4, 0.5) is 5.13 Å². The molecule has 2 fully saturated rings. The number of nitrogens with two attached hydrogens (primary N) is 1. The molecule has 4 rings (SSSR count). The molecule has 4 heterocycles. The van der Waals surface area contributed by atoms with Crippen LogP contribution in [0.15, 0.2) is 21.8 Å². The number of rotatable bonds is 7. The summed E-state index contributed by atoms with van der Waals surface area (Å²) in [5.74, 6) is -2.06. The molecule has 1 aromatic heterocycles. The van der Waals surface area contributed by atoms with Crippen molar-refractivity contribution in [2.75, 3.05) is 45.3 Å². The van der Waals surface area contributed by atoms with Gasteiger partial charge < -0.3 is 30.3 Å². The van der Waals surface area contributed by atoms with Crippen LogP contribution in [0.1, 0.15) is 18.5 Å². The molecule has 34 heavy (non-hydrogen) atoms. The van der Waals surface area contributed by atoms with Gasteiger partial charge in [0.05, 0.1) is 31.8 Å². The van der Waals surface area contributed by atoms with Crippen molar-refractivity contribution in [3.05, 3.63) is 22.3 Å². The molecule has 0 bridgehead atoms. The number of nitrogens with one attached hydrogen (secondary N) is 1. The van der Waals surface area contributed by atoms with E-state index in [2.05, 4.69) is 22.5 Å². The number of anilines is 1. The van der Waals surface area contributed by atoms with E-state index >= 15 is 0 Å². The molecule has 0 spiro atoms. The molecule has 2 saturated heterocycles. The number of fused-ring (bicyclic) bond motifs is 1. The number of carboxylic acid groups (broad SMARTS) is 1. The monoisotopic (exact) mass is 552 g/mol. The maximum Gasteiger partial charge on any atom is 0.276 e. The third-order valence-corrected chi connectivity index (χ3v) is 7.92. The highest BCUT2D eigenvalue weighted by Gasteiger charge is 2.53. The highest BCUT2D eigenvalue weighted by molar-refractivity contribution is 8.00. The van der Waals surface area contributed by atoms with Crippen LogP contribution in [-0.2, 0) is 19.2 Å². The largest absolute Gasteiger partial charge is 0.543 e. The Labute approximate surface area is 217 Å². The van der Waals surface area contributed by atoms with E-state index in [0.717, 1.165) is 41.8 Å². The fraction of sp³-hybridized carbons (Fsp3) is 0.526. The van der Waals surface area contributed by atoms with Gasteiger partial charge in [-0.3, -0.25) is 14.5 Å². The van der Waals surface area contributed by atoms with Crippen LogP contribution in [0.25, 0.3) is 0 Å². The molecule has 0 unspecified atom stereocenters. The Balaban J connectivity index is 0.00000204. The number of nitrogens with zero attached hydrogens (tertiary/aromatic N) is 4. The summed E-state index contributed by atoms with van der Waals surface area (Å²) in [6, 6.07) is -0.891. The molecule has 1 aromatic rings. The predicted octanol–water partition coefficient (Wildman–Crippen LogP) is -0.436. The van der Waals surface area contributed by atoms with E-state index in [1.165, 1.54) is 23.8 Å². The van der Waals surface area contributed by atoms with E-state index in [4.69, 9.17) is 10.6 Å². The van der Waals surface area contributed by atoms with Gasteiger partial charge in [-0.2, -0.15) is 0 Å². The normalized spacial score (nSPS) is 23.3. The van der Waals surface area contributed by atoms with Crippen molar-refractivity contribution >= 4 is 76.5 Å². The molecule has 0 aliphatic carbocycles. The second kappa shape index (κ2) is 11.1. The van der Waals surface area contributed by atoms with Crippen molar-refractivity contribution < 1.29 is 28.8 Å². The molecule has 0 radical (unpaired) electrons. The number of aliphatic carboxylic acids is 1. The van der Waals surface area contributed by atoms with Crippen molar-refractivity contribution in [3.63, 3.8) is 0 Å². The lowest BCUT2D eigenvalue weighted by atomic mass is 10.0. The molecule has 2 atom stereocenters. The van der Waals surface area contributed by atoms with Crippen LogP contribution in [0.5, 0.6) is 0 Å². The Hall–Kier alpha value is -2.06. The summed E-state index contributed by atoms with van der Waals surface area (Å²) in [5.41, 5.74) is 6.39. The van der Waals surface area contributed by atoms with Crippen LogP contribution in [-0.4, -0.2) is 88.8 Å². The predicted molar refractivity (Wildman–Crippen MR) is 132 cm³/mol. The smallest absolute Gasteiger partial charge is 0.276 e. The van der Waals surface area contributed by atoms with Crippen LogP contribution >= 0.6 is 47.9 Å². The number of likely N-dealkylation sites (tertiary alicyclic amines) is 1. The number of aromatic nitrogens is 1. The first-order valence-corrected chi connectivity index (χ1v) is 12.0. The van der Waals surface area contributed by atoms with Gasteiger partial charge >= 0.3 is 0 Å². The van der Waals surface area contributed by atoms with Crippen molar-refractivity contribution in [1.29, 1.82) is 0 Å². The summed E-state index contributed by atoms with van der Waals surface area (Å²) < 4.78 is 0.757. The number of likely N-dealkylation sites (N-methyl/N-ethyl adjacent to an activating group) is 1. The van der Waals surface area contributed by atoms with Gasteiger partial charge in [0.15, 0.2) is 10.8 Å². The zero-order valence-electron chi connectivity index (χ0n) is 18.5. The SMILES string of the molecule is CON=C(C(=O)N[C@@H]1C(=O)N2C(C(=O)[O-])=C(C[N+]3(C)CCCC3)CS[C@@H]12)c1csc(N)n1.Cl.Cl. The number of halogens is 2. The van der Waals surface area contributed by atoms with Crippen LogP contribution < -0.4 is 16.2 Å². The molecule has 3 aliphatic heterocycles. The summed E-state index contributed by atoms with van der Waals surface area (Å²) in [5, 5.41) is 19.6. The third-order valence-electron chi connectivity index (χ3n) is 5.91. The van der Waals surface area contributed by atoms with Crippen molar-refractivity contribution in [2.45, 2.75) is 24.3 Å². The van der Waals surface area contributed by atoms with Gasteiger partial charge in [0.2, 0.25) is 0 Å². The first-order valence-electron chi connectivity index (χ1n) is 10.1. The van der Waals surface area contributed by atoms with E-state index in [-0.39, 0.29) is 47.0 Å². The fourth-order valence-electron chi connectivity index (χ4n) is 4.41. The van der Waals surface area contributed by atoms with E-state index in [1.54, 1.807) is 5.38 Å². The number of nitrogen functional groups attached to an aromatic ring is 1. The lowest BCUT2D eigenvalue weighted by Gasteiger charge is -2.51. The van der Waals surface area contributed by atoms with E-state index in [1.807, 2.05) is 0 Å². The lowest BCUT2D eigenvalue weighted by Crippen LogP contribution is -2.71. The topological polar surface area (TPSA) is 150 Å². The quantitative estimate of drug-likeness (QED) is 0.200. The fourth-order valence-corrected chi connectivity index (χ4v) is 6.30. The average molecular weight is 553 g/mol. The first-order chi connectivity index (χ1) is 15.2. The molecule has 3 N–H and O–H groups in total. The standard InChI is InChI=1S/C19H24N6O5S2.2ClH/c1-25(5-3-4-6-25)7-10-8-31-17-13(16(27)24(17)14(10)18(28)29)22-15(26)12(23-30-2)11-9-32-19(20)21-11;;/h9,13,17H,3-8H2,1-2H3,(H3-,20,21,22,26,28,29);2*1H/t13-,17+;;/m1../s1. The minimum Gasteiger partial charge on any atom is -0.543 e. The number of oxime groups is 1. The minimum atomic E-state index is -1.37. The molecular weight excluding hydrogens is 527 g/mol. The van der Waals surface area contributed by atoms with Gasteiger partial charge in [0.25, 0.3) is 11.8 Å². The van der Waals surface area contributed by atoms with Crippen molar-refractivity contribution in [3.8, 4) is 0 Å². The summed E-state index contributed by atoms with van der Waals surface area (Å²) >= 11 is 2.57. The van der Waals surface area contributed by atoms with Crippen LogP contribution in [0.2, 0.25) is 0 Å². The van der Waals surface area contributed by atoms with Crippen LogP contribution in [0, 0.1) is 0 Å². The molecule has 188 valence electrons. The molecule has 11 nitrogen and oxygen atoms in total. The molecule has 15 heteroatoms. The summed E-state index contributed by atoms with van der Waals surface area (Å²) in [4.78, 5) is 47.7.